The largest absolute Gasteiger partial charge is 0.491 e. The number of benzene rings is 1. The van der Waals surface area contributed by atoms with Gasteiger partial charge in [-0.15, -0.1) is 0 Å². The fourth-order valence-corrected chi connectivity index (χ4v) is 1.31. The van der Waals surface area contributed by atoms with Gasteiger partial charge in [-0.3, -0.25) is 10.1 Å². The van der Waals surface area contributed by atoms with Crippen molar-refractivity contribution in [3.8, 4) is 5.75 Å². The predicted octanol–water partition coefficient (Wildman–Crippen LogP) is 1.97. The van der Waals surface area contributed by atoms with Gasteiger partial charge in [-0.1, -0.05) is 6.07 Å². The van der Waals surface area contributed by atoms with Gasteiger partial charge in [0.1, 0.15) is 5.75 Å². The van der Waals surface area contributed by atoms with E-state index in [-0.39, 0.29) is 11.4 Å². The minimum atomic E-state index is -0.501. The lowest BCUT2D eigenvalue weighted by Gasteiger charge is -2.07. The van der Waals surface area contributed by atoms with Gasteiger partial charge in [0, 0.05) is 6.07 Å². The van der Waals surface area contributed by atoms with Crippen LogP contribution in [0.25, 0.3) is 0 Å². The first-order valence-electron chi connectivity index (χ1n) is 4.84. The molecule has 0 aromatic heterocycles. The molecule has 5 heteroatoms. The molecule has 1 aromatic rings. The Hall–Kier alpha value is -1.78. The molecule has 0 amide bonds. The van der Waals surface area contributed by atoms with Crippen molar-refractivity contribution in [1.82, 2.24) is 0 Å². The molecule has 15 heavy (non-hydrogen) atoms. The SMILES string of the molecule is Nc1c(OCC2CC2)cccc1[N+](=O)[O-]. The van der Waals surface area contributed by atoms with E-state index in [0.29, 0.717) is 18.3 Å². The molecule has 0 bridgehead atoms. The summed E-state index contributed by atoms with van der Waals surface area (Å²) in [5.41, 5.74) is 5.64. The van der Waals surface area contributed by atoms with E-state index in [1.54, 1.807) is 12.1 Å². The molecule has 2 N–H and O–H groups in total. The van der Waals surface area contributed by atoms with Gasteiger partial charge in [0.05, 0.1) is 11.5 Å². The maximum Gasteiger partial charge on any atom is 0.295 e. The monoisotopic (exact) mass is 208 g/mol. The fourth-order valence-electron chi connectivity index (χ4n) is 1.31. The Morgan fingerprint density at radius 2 is 2.27 bits per heavy atom. The van der Waals surface area contributed by atoms with Crippen molar-refractivity contribution < 1.29 is 9.66 Å². The molecule has 5 nitrogen and oxygen atoms in total. The summed E-state index contributed by atoms with van der Waals surface area (Å²) in [7, 11) is 0. The molecule has 1 aliphatic carbocycles. The van der Waals surface area contributed by atoms with Crippen molar-refractivity contribution in [2.45, 2.75) is 12.8 Å². The lowest BCUT2D eigenvalue weighted by Crippen LogP contribution is -2.03. The van der Waals surface area contributed by atoms with Gasteiger partial charge in [-0.05, 0) is 24.8 Å². The quantitative estimate of drug-likeness (QED) is 0.466. The fraction of sp³-hybridized carbons (Fsp3) is 0.400. The van der Waals surface area contributed by atoms with Crippen LogP contribution in [0.15, 0.2) is 18.2 Å². The number of nitrogen functional groups attached to an aromatic ring is 1. The summed E-state index contributed by atoms with van der Waals surface area (Å²) in [6.07, 6.45) is 2.35. The molecule has 0 unspecified atom stereocenters. The Morgan fingerprint density at radius 1 is 1.53 bits per heavy atom. The molecular weight excluding hydrogens is 196 g/mol. The number of ether oxygens (including phenoxy) is 1. The van der Waals surface area contributed by atoms with Crippen molar-refractivity contribution in [3.63, 3.8) is 0 Å². The van der Waals surface area contributed by atoms with E-state index in [4.69, 9.17) is 10.5 Å². The van der Waals surface area contributed by atoms with Gasteiger partial charge in [0.25, 0.3) is 5.69 Å². The van der Waals surface area contributed by atoms with Crippen LogP contribution in [-0.4, -0.2) is 11.5 Å². The van der Waals surface area contributed by atoms with Crippen LogP contribution >= 0.6 is 0 Å². The lowest BCUT2D eigenvalue weighted by atomic mass is 10.2. The van der Waals surface area contributed by atoms with E-state index in [2.05, 4.69) is 0 Å². The molecule has 1 fully saturated rings. The van der Waals surface area contributed by atoms with Crippen LogP contribution in [0.2, 0.25) is 0 Å². The standard InChI is InChI=1S/C10H12N2O3/c11-10-8(12(13)14)2-1-3-9(10)15-6-7-4-5-7/h1-3,7H,4-6,11H2. The van der Waals surface area contributed by atoms with Gasteiger partial charge >= 0.3 is 0 Å². The van der Waals surface area contributed by atoms with Crippen LogP contribution in [0.1, 0.15) is 12.8 Å². The molecule has 1 aromatic carbocycles. The van der Waals surface area contributed by atoms with E-state index < -0.39 is 4.92 Å². The highest BCUT2D eigenvalue weighted by Gasteiger charge is 2.23. The zero-order valence-electron chi connectivity index (χ0n) is 8.18. The van der Waals surface area contributed by atoms with Crippen molar-refractivity contribution in [1.29, 1.82) is 0 Å². The van der Waals surface area contributed by atoms with Crippen LogP contribution in [0.3, 0.4) is 0 Å². The van der Waals surface area contributed by atoms with Gasteiger partial charge in [-0.2, -0.15) is 0 Å². The summed E-state index contributed by atoms with van der Waals surface area (Å²) in [6, 6.07) is 4.61. The zero-order valence-corrected chi connectivity index (χ0v) is 8.18. The normalized spacial score (nSPS) is 14.9. The van der Waals surface area contributed by atoms with Crippen molar-refractivity contribution in [3.05, 3.63) is 28.3 Å². The lowest BCUT2D eigenvalue weighted by molar-refractivity contribution is -0.384. The third kappa shape index (κ3) is 2.18. The first-order chi connectivity index (χ1) is 7.18. The number of para-hydroxylation sites is 1. The zero-order chi connectivity index (χ0) is 10.8. The topological polar surface area (TPSA) is 78.4 Å². The van der Waals surface area contributed by atoms with Crippen molar-refractivity contribution in [2.24, 2.45) is 5.92 Å². The Kier molecular flexibility index (Phi) is 2.45. The predicted molar refractivity (Wildman–Crippen MR) is 55.7 cm³/mol. The highest BCUT2D eigenvalue weighted by atomic mass is 16.6. The average molecular weight is 208 g/mol. The number of anilines is 1. The summed E-state index contributed by atoms with van der Waals surface area (Å²) in [5, 5.41) is 10.6. The molecular formula is C10H12N2O3. The second-order valence-corrected chi connectivity index (χ2v) is 3.70. The Labute approximate surface area is 87.0 Å². The first-order valence-corrected chi connectivity index (χ1v) is 4.84. The number of nitrogens with two attached hydrogens (primary N) is 1. The average Bonchev–Trinajstić information content (AvgIpc) is 2.99. The van der Waals surface area contributed by atoms with Crippen LogP contribution < -0.4 is 10.5 Å². The number of hydrogen-bond donors (Lipinski definition) is 1. The number of rotatable bonds is 4. The molecule has 0 aliphatic heterocycles. The minimum Gasteiger partial charge on any atom is -0.491 e. The van der Waals surface area contributed by atoms with Gasteiger partial charge < -0.3 is 10.5 Å². The van der Waals surface area contributed by atoms with E-state index in [0.717, 1.165) is 0 Å². The highest BCUT2D eigenvalue weighted by molar-refractivity contribution is 5.66. The molecule has 0 saturated heterocycles. The summed E-state index contributed by atoms with van der Waals surface area (Å²) in [6.45, 7) is 0.603. The Balaban J connectivity index is 2.14. The molecule has 0 radical (unpaired) electrons. The summed E-state index contributed by atoms with van der Waals surface area (Å²) >= 11 is 0. The number of nitro groups is 1. The van der Waals surface area contributed by atoms with E-state index in [1.165, 1.54) is 18.9 Å². The van der Waals surface area contributed by atoms with Gasteiger partial charge in [-0.25, -0.2) is 0 Å². The second-order valence-electron chi connectivity index (χ2n) is 3.70. The summed E-state index contributed by atoms with van der Waals surface area (Å²) in [4.78, 5) is 10.1. The maximum atomic E-state index is 10.6. The Bertz CT molecular complexity index is 388. The van der Waals surface area contributed by atoms with Crippen LogP contribution in [0.5, 0.6) is 5.75 Å². The first kappa shape index (κ1) is 9.76. The van der Waals surface area contributed by atoms with Crippen LogP contribution in [-0.2, 0) is 0 Å². The van der Waals surface area contributed by atoms with Crippen molar-refractivity contribution in [2.75, 3.05) is 12.3 Å². The summed E-state index contributed by atoms with van der Waals surface area (Å²) < 4.78 is 5.42. The Morgan fingerprint density at radius 3 is 2.87 bits per heavy atom. The number of nitro benzene ring substituents is 1. The third-order valence-corrected chi connectivity index (χ3v) is 2.41. The van der Waals surface area contributed by atoms with E-state index in [9.17, 15) is 10.1 Å². The van der Waals surface area contributed by atoms with Gasteiger partial charge in [0.15, 0.2) is 5.69 Å². The smallest absolute Gasteiger partial charge is 0.295 e. The van der Waals surface area contributed by atoms with Crippen LogP contribution in [0.4, 0.5) is 11.4 Å². The third-order valence-electron chi connectivity index (χ3n) is 2.41. The van der Waals surface area contributed by atoms with E-state index >= 15 is 0 Å². The number of hydrogen-bond acceptors (Lipinski definition) is 4. The summed E-state index contributed by atoms with van der Waals surface area (Å²) in [5.74, 6) is 1.01. The van der Waals surface area contributed by atoms with Gasteiger partial charge in [0.2, 0.25) is 0 Å². The van der Waals surface area contributed by atoms with E-state index in [1.807, 2.05) is 0 Å². The number of nitrogens with zero attached hydrogens (tertiary/aromatic N) is 1. The minimum absolute atomic E-state index is 0.0942. The second kappa shape index (κ2) is 3.76. The molecule has 2 rings (SSSR count). The molecule has 80 valence electrons. The molecule has 0 heterocycles. The molecule has 1 saturated carbocycles. The van der Waals surface area contributed by atoms with Crippen molar-refractivity contribution >= 4 is 11.4 Å². The maximum absolute atomic E-state index is 10.6. The van der Waals surface area contributed by atoms with Crippen LogP contribution in [0, 0.1) is 16.0 Å². The molecule has 0 spiro atoms. The molecule has 0 atom stereocenters. The highest BCUT2D eigenvalue weighted by Crippen LogP contribution is 2.34. The molecule has 1 aliphatic rings.